The summed E-state index contributed by atoms with van der Waals surface area (Å²) in [6.45, 7) is 2.33. The molecule has 1 amide bonds. The molecule has 2 aromatic carbocycles. The molecule has 0 atom stereocenters. The van der Waals surface area contributed by atoms with E-state index in [4.69, 9.17) is 14.5 Å². The monoisotopic (exact) mass is 514 g/mol. The third-order valence-electron chi connectivity index (χ3n) is 6.64. The molecule has 37 heavy (non-hydrogen) atoms. The van der Waals surface area contributed by atoms with Crippen LogP contribution in [0.3, 0.4) is 0 Å². The maximum atomic E-state index is 13.8. The van der Waals surface area contributed by atoms with Crippen molar-refractivity contribution in [1.82, 2.24) is 4.98 Å². The van der Waals surface area contributed by atoms with Gasteiger partial charge in [-0.2, -0.15) is 0 Å². The molecule has 0 fully saturated rings. The summed E-state index contributed by atoms with van der Waals surface area (Å²) < 4.78 is 10.8. The number of ether oxygens (including phenoxy) is 2. The maximum absolute atomic E-state index is 13.8. The predicted octanol–water partition coefficient (Wildman–Crippen LogP) is 7.06. The van der Waals surface area contributed by atoms with Gasteiger partial charge in [-0.3, -0.25) is 4.79 Å². The van der Waals surface area contributed by atoms with Gasteiger partial charge >= 0.3 is 5.97 Å². The fraction of sp³-hybridized carbons (Fsp3) is 0.300. The summed E-state index contributed by atoms with van der Waals surface area (Å²) in [5.41, 5.74) is 4.37. The van der Waals surface area contributed by atoms with Crippen molar-refractivity contribution < 1.29 is 19.1 Å². The number of rotatable bonds is 7. The fourth-order valence-electron chi connectivity index (χ4n) is 4.76. The van der Waals surface area contributed by atoms with E-state index in [9.17, 15) is 9.59 Å². The molecule has 0 saturated carbocycles. The Bertz CT molecular complexity index is 1440. The Labute approximate surface area is 220 Å². The van der Waals surface area contributed by atoms with Gasteiger partial charge in [0.05, 0.1) is 36.1 Å². The molecule has 4 aromatic rings. The van der Waals surface area contributed by atoms with Gasteiger partial charge in [0.1, 0.15) is 10.8 Å². The molecule has 1 aliphatic carbocycles. The summed E-state index contributed by atoms with van der Waals surface area (Å²) in [5, 5.41) is 4.41. The van der Waals surface area contributed by atoms with E-state index in [1.165, 1.54) is 16.2 Å². The average Bonchev–Trinajstić information content (AvgIpc) is 3.10. The van der Waals surface area contributed by atoms with Crippen LogP contribution < -0.4 is 10.1 Å². The Morgan fingerprint density at radius 3 is 2.59 bits per heavy atom. The van der Waals surface area contributed by atoms with Crippen LogP contribution in [0.5, 0.6) is 5.75 Å². The number of anilines is 1. The van der Waals surface area contributed by atoms with Crippen LogP contribution in [0, 0.1) is 0 Å². The van der Waals surface area contributed by atoms with Crippen LogP contribution in [0.25, 0.3) is 22.2 Å². The van der Waals surface area contributed by atoms with Crippen LogP contribution in [0.1, 0.15) is 63.8 Å². The SMILES string of the molecule is CCCOC(=O)c1c(NC(=O)c2cc(-c3ccc(OC)cc3)nc3ccccc23)sc2c1CCCCC2. The quantitative estimate of drug-likeness (QED) is 0.211. The Morgan fingerprint density at radius 2 is 1.81 bits per heavy atom. The topological polar surface area (TPSA) is 77.5 Å². The second-order valence-corrected chi connectivity index (χ2v) is 10.3. The molecular formula is C30H30N2O4S. The van der Waals surface area contributed by atoms with Crippen molar-refractivity contribution in [2.24, 2.45) is 0 Å². The van der Waals surface area contributed by atoms with Crippen LogP contribution in [-0.4, -0.2) is 30.6 Å². The minimum atomic E-state index is -0.352. The Morgan fingerprint density at radius 1 is 1.03 bits per heavy atom. The van der Waals surface area contributed by atoms with Gasteiger partial charge in [-0.15, -0.1) is 11.3 Å². The Hall–Kier alpha value is -3.71. The summed E-state index contributed by atoms with van der Waals surface area (Å²) >= 11 is 1.51. The number of carbonyl (C=O) groups excluding carboxylic acids is 2. The van der Waals surface area contributed by atoms with Crippen molar-refractivity contribution in [2.45, 2.75) is 45.4 Å². The molecule has 0 spiro atoms. The number of benzene rings is 2. The lowest BCUT2D eigenvalue weighted by Gasteiger charge is -2.12. The fourth-order valence-corrected chi connectivity index (χ4v) is 6.03. The highest BCUT2D eigenvalue weighted by molar-refractivity contribution is 7.17. The number of carbonyl (C=O) groups is 2. The Balaban J connectivity index is 1.55. The molecule has 0 bridgehead atoms. The van der Waals surface area contributed by atoms with Gasteiger partial charge in [0.25, 0.3) is 5.91 Å². The number of aryl methyl sites for hydroxylation is 1. The molecule has 0 aliphatic heterocycles. The van der Waals surface area contributed by atoms with E-state index < -0.39 is 0 Å². The highest BCUT2D eigenvalue weighted by Crippen LogP contribution is 2.38. The largest absolute Gasteiger partial charge is 0.497 e. The average molecular weight is 515 g/mol. The van der Waals surface area contributed by atoms with E-state index in [0.29, 0.717) is 28.4 Å². The third kappa shape index (κ3) is 5.23. The van der Waals surface area contributed by atoms with E-state index in [-0.39, 0.29) is 11.9 Å². The van der Waals surface area contributed by atoms with E-state index in [1.54, 1.807) is 7.11 Å². The van der Waals surface area contributed by atoms with E-state index in [1.807, 2.05) is 61.5 Å². The number of hydrogen-bond acceptors (Lipinski definition) is 6. The van der Waals surface area contributed by atoms with E-state index in [2.05, 4.69) is 5.32 Å². The van der Waals surface area contributed by atoms with Crippen molar-refractivity contribution in [3.05, 3.63) is 76.2 Å². The zero-order valence-corrected chi connectivity index (χ0v) is 22.0. The van der Waals surface area contributed by atoms with Crippen LogP contribution in [-0.2, 0) is 17.6 Å². The molecule has 1 N–H and O–H groups in total. The lowest BCUT2D eigenvalue weighted by atomic mass is 10.0. The highest BCUT2D eigenvalue weighted by atomic mass is 32.1. The minimum absolute atomic E-state index is 0.269. The minimum Gasteiger partial charge on any atom is -0.497 e. The molecule has 2 heterocycles. The number of para-hydroxylation sites is 1. The molecule has 6 nitrogen and oxygen atoms in total. The number of aromatic nitrogens is 1. The first-order valence-corrected chi connectivity index (χ1v) is 13.6. The summed E-state index contributed by atoms with van der Waals surface area (Å²) in [6, 6.07) is 17.0. The molecule has 0 unspecified atom stereocenters. The van der Waals surface area contributed by atoms with Crippen molar-refractivity contribution in [1.29, 1.82) is 0 Å². The van der Waals surface area contributed by atoms with Gasteiger partial charge in [-0.1, -0.05) is 31.5 Å². The molecule has 5 rings (SSSR count). The number of fused-ring (bicyclic) bond motifs is 2. The van der Waals surface area contributed by atoms with Gasteiger partial charge < -0.3 is 14.8 Å². The molecule has 1 aliphatic rings. The summed E-state index contributed by atoms with van der Waals surface area (Å²) in [6.07, 6.45) is 5.76. The maximum Gasteiger partial charge on any atom is 0.341 e. The normalized spacial score (nSPS) is 13.0. The standard InChI is InChI=1S/C30H30N2O4S/c1-3-17-36-30(34)27-22-10-5-4-6-12-26(22)37-29(27)32-28(33)23-18-25(19-13-15-20(35-2)16-14-19)31-24-11-8-7-9-21(23)24/h7-9,11,13-16,18H,3-6,10,12,17H2,1-2H3,(H,32,33). The number of nitrogens with zero attached hydrogens (tertiary/aromatic N) is 1. The summed E-state index contributed by atoms with van der Waals surface area (Å²) in [5.74, 6) is 0.131. The second-order valence-electron chi connectivity index (χ2n) is 9.16. The van der Waals surface area contributed by atoms with Gasteiger partial charge in [0.15, 0.2) is 0 Å². The van der Waals surface area contributed by atoms with Gasteiger partial charge in [-0.25, -0.2) is 9.78 Å². The first-order valence-electron chi connectivity index (χ1n) is 12.8. The number of amides is 1. The second kappa shape index (κ2) is 11.1. The van der Waals surface area contributed by atoms with Gasteiger partial charge in [0.2, 0.25) is 0 Å². The van der Waals surface area contributed by atoms with E-state index in [0.717, 1.165) is 66.3 Å². The van der Waals surface area contributed by atoms with Crippen molar-refractivity contribution >= 4 is 39.1 Å². The van der Waals surface area contributed by atoms with Crippen LogP contribution in [0.15, 0.2) is 54.6 Å². The highest BCUT2D eigenvalue weighted by Gasteiger charge is 2.27. The lowest BCUT2D eigenvalue weighted by Crippen LogP contribution is -2.16. The molecule has 7 heteroatoms. The van der Waals surface area contributed by atoms with Crippen LogP contribution in [0.4, 0.5) is 5.00 Å². The lowest BCUT2D eigenvalue weighted by molar-refractivity contribution is 0.0505. The van der Waals surface area contributed by atoms with Gasteiger partial charge in [0, 0.05) is 15.8 Å². The van der Waals surface area contributed by atoms with Crippen molar-refractivity contribution in [2.75, 3.05) is 19.0 Å². The number of esters is 1. The third-order valence-corrected chi connectivity index (χ3v) is 7.84. The number of nitrogens with one attached hydrogen (secondary N) is 1. The number of methoxy groups -OCH3 is 1. The smallest absolute Gasteiger partial charge is 0.341 e. The molecular weight excluding hydrogens is 484 g/mol. The Kier molecular flexibility index (Phi) is 7.51. The predicted molar refractivity (Wildman–Crippen MR) is 148 cm³/mol. The van der Waals surface area contributed by atoms with Crippen molar-refractivity contribution in [3.8, 4) is 17.0 Å². The summed E-state index contributed by atoms with van der Waals surface area (Å²) in [4.78, 5) is 32.9. The van der Waals surface area contributed by atoms with Crippen LogP contribution in [0.2, 0.25) is 0 Å². The first kappa shape index (κ1) is 25.0. The molecule has 0 radical (unpaired) electrons. The molecule has 0 saturated heterocycles. The number of thiophene rings is 1. The first-order chi connectivity index (χ1) is 18.1. The molecule has 2 aromatic heterocycles. The van der Waals surface area contributed by atoms with Gasteiger partial charge in [-0.05, 0) is 74.1 Å². The number of pyridine rings is 1. The summed E-state index contributed by atoms with van der Waals surface area (Å²) in [7, 11) is 1.63. The molecule has 190 valence electrons. The van der Waals surface area contributed by atoms with Crippen LogP contribution >= 0.6 is 11.3 Å². The zero-order chi connectivity index (χ0) is 25.8. The van der Waals surface area contributed by atoms with Crippen molar-refractivity contribution in [3.63, 3.8) is 0 Å². The zero-order valence-electron chi connectivity index (χ0n) is 21.1. The van der Waals surface area contributed by atoms with E-state index >= 15 is 0 Å². The number of hydrogen-bond donors (Lipinski definition) is 1.